The maximum absolute atomic E-state index is 5.88. The van der Waals surface area contributed by atoms with Crippen LogP contribution in [0.25, 0.3) is 0 Å². The molecule has 1 rings (SSSR count). The first-order valence-corrected chi connectivity index (χ1v) is 5.48. The van der Waals surface area contributed by atoms with Gasteiger partial charge in [-0.15, -0.1) is 22.8 Å². The van der Waals surface area contributed by atoms with Crippen LogP contribution in [0.3, 0.4) is 0 Å². The second-order valence-corrected chi connectivity index (χ2v) is 4.55. The van der Waals surface area contributed by atoms with Gasteiger partial charge in [-0.1, -0.05) is 17.8 Å². The van der Waals surface area contributed by atoms with Gasteiger partial charge in [0.1, 0.15) is 5.01 Å². The predicted molar refractivity (Wildman–Crippen MR) is 57.0 cm³/mol. The number of aromatic nitrogens is 2. The molecule has 0 fully saturated rings. The summed E-state index contributed by atoms with van der Waals surface area (Å²) in [7, 11) is 0. The van der Waals surface area contributed by atoms with Crippen LogP contribution in [0, 0.1) is 0 Å². The summed E-state index contributed by atoms with van der Waals surface area (Å²) in [6.45, 7) is 0.723. The van der Waals surface area contributed by atoms with Gasteiger partial charge in [-0.3, -0.25) is 0 Å². The summed E-state index contributed by atoms with van der Waals surface area (Å²) < 4.78 is 0.671. The molecule has 0 aliphatic heterocycles. The first-order valence-electron chi connectivity index (χ1n) is 4.22. The van der Waals surface area contributed by atoms with Crippen molar-refractivity contribution >= 4 is 24.0 Å². The minimum atomic E-state index is -0.00931. The normalized spacial score (nSPS) is 13.2. The van der Waals surface area contributed by atoms with Gasteiger partial charge in [0.05, 0.1) is 6.04 Å². The minimum absolute atomic E-state index is 0.00931. The fourth-order valence-corrected chi connectivity index (χ4v) is 1.95. The van der Waals surface area contributed by atoms with Crippen LogP contribution in [0.15, 0.2) is 4.34 Å². The van der Waals surface area contributed by atoms with Gasteiger partial charge in [0.2, 0.25) is 0 Å². The molecule has 0 spiro atoms. The molecule has 4 N–H and O–H groups in total. The third kappa shape index (κ3) is 3.60. The lowest BCUT2D eigenvalue weighted by Crippen LogP contribution is -2.10. The average Bonchev–Trinajstić information content (AvgIpc) is 2.52. The van der Waals surface area contributed by atoms with E-state index in [-0.39, 0.29) is 6.04 Å². The SMILES string of the molecule is NCCCCC(N)c1nnc(S)s1. The molecule has 0 aliphatic carbocycles. The van der Waals surface area contributed by atoms with Crippen molar-refractivity contribution in [3.05, 3.63) is 5.01 Å². The Kier molecular flexibility index (Phi) is 4.65. The molecule has 0 aliphatic rings. The van der Waals surface area contributed by atoms with Crippen molar-refractivity contribution in [1.29, 1.82) is 0 Å². The Balaban J connectivity index is 2.35. The van der Waals surface area contributed by atoms with E-state index >= 15 is 0 Å². The van der Waals surface area contributed by atoms with E-state index in [0.29, 0.717) is 4.34 Å². The quantitative estimate of drug-likeness (QED) is 0.508. The van der Waals surface area contributed by atoms with Crippen molar-refractivity contribution < 1.29 is 0 Å². The molecule has 0 radical (unpaired) electrons. The Morgan fingerprint density at radius 3 is 2.69 bits per heavy atom. The summed E-state index contributed by atoms with van der Waals surface area (Å²) >= 11 is 5.52. The molecule has 0 bridgehead atoms. The second-order valence-electron chi connectivity index (χ2n) is 2.81. The molecule has 0 saturated heterocycles. The molecule has 0 amide bonds. The highest BCUT2D eigenvalue weighted by Gasteiger charge is 2.10. The molecule has 0 aromatic carbocycles. The van der Waals surface area contributed by atoms with Gasteiger partial charge < -0.3 is 11.5 Å². The van der Waals surface area contributed by atoms with Gasteiger partial charge in [0, 0.05) is 0 Å². The number of nitrogens with two attached hydrogens (primary N) is 2. The molecule has 1 aromatic rings. The highest BCUT2D eigenvalue weighted by atomic mass is 32.2. The van der Waals surface area contributed by atoms with E-state index in [1.807, 2.05) is 0 Å². The number of nitrogens with zero attached hydrogens (tertiary/aromatic N) is 2. The predicted octanol–water partition coefficient (Wildman–Crippen LogP) is 0.956. The molecule has 74 valence electrons. The smallest absolute Gasteiger partial charge is 0.171 e. The lowest BCUT2D eigenvalue weighted by molar-refractivity contribution is 0.584. The molecule has 1 heterocycles. The minimum Gasteiger partial charge on any atom is -0.330 e. The molecule has 0 saturated carbocycles. The number of hydrogen-bond donors (Lipinski definition) is 3. The lowest BCUT2D eigenvalue weighted by Gasteiger charge is -2.05. The Hall–Kier alpha value is -0.170. The number of thiol groups is 1. The summed E-state index contributed by atoms with van der Waals surface area (Å²) in [6, 6.07) is -0.00931. The number of hydrogen-bond acceptors (Lipinski definition) is 6. The molecule has 13 heavy (non-hydrogen) atoms. The van der Waals surface area contributed by atoms with Crippen molar-refractivity contribution in [2.45, 2.75) is 29.6 Å². The van der Waals surface area contributed by atoms with Crippen molar-refractivity contribution in [3.63, 3.8) is 0 Å². The zero-order chi connectivity index (χ0) is 9.68. The summed E-state index contributed by atoms with van der Waals surface area (Å²) in [4.78, 5) is 0. The van der Waals surface area contributed by atoms with Crippen molar-refractivity contribution in [3.8, 4) is 0 Å². The van der Waals surface area contributed by atoms with Gasteiger partial charge in [-0.2, -0.15) is 0 Å². The zero-order valence-corrected chi connectivity index (χ0v) is 9.02. The van der Waals surface area contributed by atoms with Crippen LogP contribution in [0.4, 0.5) is 0 Å². The summed E-state index contributed by atoms with van der Waals surface area (Å²) in [5.41, 5.74) is 11.3. The standard InChI is InChI=1S/C7H14N4S2/c8-4-2-1-3-5(9)6-10-11-7(12)13-6/h5H,1-4,8-9H2,(H,11,12). The summed E-state index contributed by atoms with van der Waals surface area (Å²) in [5, 5.41) is 8.59. The monoisotopic (exact) mass is 218 g/mol. The van der Waals surface area contributed by atoms with Crippen molar-refractivity contribution in [2.24, 2.45) is 11.5 Å². The molecule has 1 atom stereocenters. The molecule has 1 aromatic heterocycles. The maximum atomic E-state index is 5.88. The average molecular weight is 218 g/mol. The van der Waals surface area contributed by atoms with E-state index in [1.54, 1.807) is 0 Å². The fraction of sp³-hybridized carbons (Fsp3) is 0.714. The van der Waals surface area contributed by atoms with E-state index in [0.717, 1.165) is 30.8 Å². The zero-order valence-electron chi connectivity index (χ0n) is 7.31. The Morgan fingerprint density at radius 2 is 2.15 bits per heavy atom. The van der Waals surface area contributed by atoms with E-state index in [9.17, 15) is 0 Å². The first-order chi connectivity index (χ1) is 6.24. The molecule has 1 unspecified atom stereocenters. The highest BCUT2D eigenvalue weighted by Crippen LogP contribution is 2.21. The molecule has 6 heteroatoms. The van der Waals surface area contributed by atoms with Crippen LogP contribution in [0.2, 0.25) is 0 Å². The Bertz CT molecular complexity index is 250. The van der Waals surface area contributed by atoms with Crippen LogP contribution in [0.5, 0.6) is 0 Å². The largest absolute Gasteiger partial charge is 0.330 e. The van der Waals surface area contributed by atoms with E-state index in [4.69, 9.17) is 11.5 Å². The third-order valence-corrected chi connectivity index (χ3v) is 2.94. The van der Waals surface area contributed by atoms with E-state index in [2.05, 4.69) is 22.8 Å². The van der Waals surface area contributed by atoms with Crippen molar-refractivity contribution in [1.82, 2.24) is 10.2 Å². The molecule has 4 nitrogen and oxygen atoms in total. The van der Waals surface area contributed by atoms with Crippen LogP contribution >= 0.6 is 24.0 Å². The lowest BCUT2D eigenvalue weighted by atomic mass is 10.1. The van der Waals surface area contributed by atoms with Crippen LogP contribution in [-0.4, -0.2) is 16.7 Å². The Labute approximate surface area is 87.1 Å². The maximum Gasteiger partial charge on any atom is 0.171 e. The van der Waals surface area contributed by atoms with Gasteiger partial charge in [0.15, 0.2) is 4.34 Å². The first kappa shape index (κ1) is 10.9. The van der Waals surface area contributed by atoms with E-state index in [1.165, 1.54) is 11.3 Å². The van der Waals surface area contributed by atoms with Crippen LogP contribution in [-0.2, 0) is 0 Å². The van der Waals surface area contributed by atoms with E-state index < -0.39 is 0 Å². The van der Waals surface area contributed by atoms with Crippen LogP contribution in [0.1, 0.15) is 30.3 Å². The number of unbranched alkanes of at least 4 members (excludes halogenated alkanes) is 1. The second kappa shape index (κ2) is 5.54. The summed E-state index contributed by atoms with van der Waals surface area (Å²) in [5.74, 6) is 0. The number of rotatable bonds is 5. The van der Waals surface area contributed by atoms with Gasteiger partial charge in [-0.05, 0) is 19.4 Å². The topological polar surface area (TPSA) is 77.8 Å². The van der Waals surface area contributed by atoms with Crippen LogP contribution < -0.4 is 11.5 Å². The highest BCUT2D eigenvalue weighted by molar-refractivity contribution is 7.82. The summed E-state index contributed by atoms with van der Waals surface area (Å²) in [6.07, 6.45) is 2.97. The third-order valence-electron chi connectivity index (χ3n) is 1.72. The molecular formula is C7H14N4S2. The Morgan fingerprint density at radius 1 is 1.38 bits per heavy atom. The van der Waals surface area contributed by atoms with Gasteiger partial charge >= 0.3 is 0 Å². The van der Waals surface area contributed by atoms with Crippen molar-refractivity contribution in [2.75, 3.05) is 6.54 Å². The van der Waals surface area contributed by atoms with Gasteiger partial charge in [0.25, 0.3) is 0 Å². The van der Waals surface area contributed by atoms with Gasteiger partial charge in [-0.25, -0.2) is 0 Å². The molecular weight excluding hydrogens is 204 g/mol. The fourth-order valence-electron chi connectivity index (χ4n) is 1.01.